The quantitative estimate of drug-likeness (QED) is 0.0846. The van der Waals surface area contributed by atoms with Crippen LogP contribution in [-0.2, 0) is 29.0 Å². The molecule has 2 N–H and O–H groups in total. The minimum atomic E-state index is -0.524. The number of nitro groups is 1. The number of amides is 2. The van der Waals surface area contributed by atoms with E-state index in [0.29, 0.717) is 29.2 Å². The fourth-order valence-corrected chi connectivity index (χ4v) is 6.90. The van der Waals surface area contributed by atoms with Crippen molar-refractivity contribution in [1.29, 1.82) is 0 Å². The zero-order valence-corrected chi connectivity index (χ0v) is 25.5. The van der Waals surface area contributed by atoms with Crippen molar-refractivity contribution in [1.82, 2.24) is 4.90 Å². The third-order valence-corrected chi connectivity index (χ3v) is 9.05. The number of anilines is 2. The highest BCUT2D eigenvalue weighted by molar-refractivity contribution is 8.00. The van der Waals surface area contributed by atoms with Gasteiger partial charge in [-0.05, 0) is 54.8 Å². The fourth-order valence-electron chi connectivity index (χ4n) is 4.85. The fraction of sp³-hybridized carbons (Fsp3) is 0.219. The van der Waals surface area contributed by atoms with Crippen LogP contribution in [0.5, 0.6) is 0 Å². The van der Waals surface area contributed by atoms with Crippen LogP contribution in [0.4, 0.5) is 16.4 Å². The first kappa shape index (κ1) is 30.9. The molecule has 12 heteroatoms. The predicted octanol–water partition coefficient (Wildman–Crippen LogP) is 6.37. The lowest BCUT2D eigenvalue weighted by Crippen LogP contribution is -2.30. The maximum atomic E-state index is 13.1. The Labute approximate surface area is 262 Å². The number of thiophene rings is 1. The third-order valence-electron chi connectivity index (χ3n) is 6.92. The van der Waals surface area contributed by atoms with Gasteiger partial charge in [0.2, 0.25) is 5.91 Å². The van der Waals surface area contributed by atoms with Crippen LogP contribution < -0.4 is 10.6 Å². The molecule has 0 saturated carbocycles. The number of hydrogen-bond donors (Lipinski definition) is 2. The van der Waals surface area contributed by atoms with E-state index in [1.165, 1.54) is 52.9 Å². The van der Waals surface area contributed by atoms with Crippen LogP contribution in [0.1, 0.15) is 43.6 Å². The van der Waals surface area contributed by atoms with Gasteiger partial charge in [-0.15, -0.1) is 23.1 Å². The predicted molar refractivity (Wildman–Crippen MR) is 171 cm³/mol. The molecule has 10 nitrogen and oxygen atoms in total. The number of fused-ring (bicyclic) bond motifs is 1. The summed E-state index contributed by atoms with van der Waals surface area (Å²) < 4.78 is 5.35. The first-order valence-electron chi connectivity index (χ1n) is 14.0. The normalized spacial score (nSPS) is 12.7. The highest BCUT2D eigenvalue weighted by Crippen LogP contribution is 2.38. The lowest BCUT2D eigenvalue weighted by Gasteiger charge is -2.27. The lowest BCUT2D eigenvalue weighted by molar-refractivity contribution is -0.384. The number of ether oxygens (including phenoxy) is 1. The molecule has 1 aliphatic heterocycles. The summed E-state index contributed by atoms with van der Waals surface area (Å²) in [5.41, 5.74) is 3.32. The van der Waals surface area contributed by atoms with Crippen LogP contribution in [0.15, 0.2) is 83.8 Å². The van der Waals surface area contributed by atoms with E-state index in [1.54, 1.807) is 25.1 Å². The van der Waals surface area contributed by atoms with Crippen LogP contribution in [0.3, 0.4) is 0 Å². The van der Waals surface area contributed by atoms with Crippen molar-refractivity contribution in [2.24, 2.45) is 0 Å². The summed E-state index contributed by atoms with van der Waals surface area (Å²) in [6, 6.07) is 22.6. The Morgan fingerprint density at radius 3 is 2.52 bits per heavy atom. The van der Waals surface area contributed by atoms with Gasteiger partial charge in [0.15, 0.2) is 0 Å². The van der Waals surface area contributed by atoms with Gasteiger partial charge in [-0.3, -0.25) is 24.6 Å². The maximum absolute atomic E-state index is 13.1. The number of rotatable bonds is 11. The highest BCUT2D eigenvalue weighted by atomic mass is 32.2. The van der Waals surface area contributed by atoms with Crippen LogP contribution in [0.2, 0.25) is 0 Å². The number of carbonyl (C=O) groups excluding carboxylic acids is 3. The number of nitrogens with zero attached hydrogens (tertiary/aromatic N) is 2. The van der Waals surface area contributed by atoms with E-state index in [2.05, 4.69) is 27.7 Å². The maximum Gasteiger partial charge on any atom is 0.341 e. The molecule has 5 rings (SSSR count). The highest BCUT2D eigenvalue weighted by Gasteiger charge is 2.29. The zero-order valence-electron chi connectivity index (χ0n) is 23.9. The molecule has 0 spiro atoms. The molecule has 3 aromatic carbocycles. The van der Waals surface area contributed by atoms with Crippen molar-refractivity contribution >= 4 is 57.3 Å². The minimum Gasteiger partial charge on any atom is -0.462 e. The van der Waals surface area contributed by atoms with Crippen molar-refractivity contribution in [3.05, 3.63) is 116 Å². The molecule has 0 saturated heterocycles. The molecule has 0 fully saturated rings. The number of hydrogen-bond acceptors (Lipinski definition) is 9. The van der Waals surface area contributed by atoms with Crippen molar-refractivity contribution in [2.45, 2.75) is 31.3 Å². The van der Waals surface area contributed by atoms with E-state index in [0.717, 1.165) is 28.4 Å². The van der Waals surface area contributed by atoms with Gasteiger partial charge in [-0.2, -0.15) is 0 Å². The molecule has 0 atom stereocenters. The molecule has 0 aliphatic carbocycles. The Hall–Kier alpha value is -4.52. The van der Waals surface area contributed by atoms with Crippen molar-refractivity contribution in [3.63, 3.8) is 0 Å². The average molecular weight is 631 g/mol. The average Bonchev–Trinajstić information content (AvgIpc) is 3.38. The smallest absolute Gasteiger partial charge is 0.341 e. The Kier molecular flexibility index (Phi) is 10.1. The van der Waals surface area contributed by atoms with E-state index < -0.39 is 16.8 Å². The molecule has 0 unspecified atom stereocenters. The van der Waals surface area contributed by atoms with Gasteiger partial charge in [0.1, 0.15) is 5.00 Å². The largest absolute Gasteiger partial charge is 0.462 e. The second kappa shape index (κ2) is 14.3. The van der Waals surface area contributed by atoms with Crippen LogP contribution in [-0.4, -0.2) is 46.5 Å². The Bertz CT molecular complexity index is 1670. The number of benzene rings is 3. The molecule has 1 aliphatic rings. The van der Waals surface area contributed by atoms with E-state index in [1.807, 2.05) is 24.3 Å². The lowest BCUT2D eigenvalue weighted by atomic mass is 10.0. The molecule has 4 aromatic rings. The number of carbonyl (C=O) groups is 3. The summed E-state index contributed by atoms with van der Waals surface area (Å²) in [4.78, 5) is 53.1. The standard InChI is InChI=1S/C32H30N4O6S2/c1-2-42-32(39)29-26-15-16-35(18-21-7-4-3-5-8-21)19-27(26)44-31(29)34-28(37)20-43-25-10-6-9-23(17-25)33-30(38)22-11-13-24(14-12-22)36(40)41/h3-14,17H,2,15-16,18-20H2,1H3,(H,33,38)(H,34,37). The molecule has 2 amide bonds. The molecule has 226 valence electrons. The second-order valence-corrected chi connectivity index (χ2v) is 12.2. The molecule has 1 aromatic heterocycles. The third kappa shape index (κ3) is 7.70. The summed E-state index contributed by atoms with van der Waals surface area (Å²) in [7, 11) is 0. The first-order chi connectivity index (χ1) is 21.3. The Balaban J connectivity index is 1.22. The molecular formula is C32H30N4O6S2. The van der Waals surface area contributed by atoms with Crippen molar-refractivity contribution < 1.29 is 24.0 Å². The van der Waals surface area contributed by atoms with Crippen LogP contribution in [0, 0.1) is 10.1 Å². The summed E-state index contributed by atoms with van der Waals surface area (Å²) >= 11 is 2.71. The number of thioether (sulfide) groups is 1. The summed E-state index contributed by atoms with van der Waals surface area (Å²) in [5, 5.41) is 17.1. The summed E-state index contributed by atoms with van der Waals surface area (Å²) in [6.45, 7) is 4.29. The van der Waals surface area contributed by atoms with Crippen LogP contribution >= 0.6 is 23.1 Å². The molecule has 44 heavy (non-hydrogen) atoms. The molecular weight excluding hydrogens is 601 g/mol. The van der Waals surface area contributed by atoms with Gasteiger partial charge in [-0.25, -0.2) is 4.79 Å². The minimum absolute atomic E-state index is 0.0880. The molecule has 2 heterocycles. The van der Waals surface area contributed by atoms with Crippen molar-refractivity contribution in [2.75, 3.05) is 29.5 Å². The van der Waals surface area contributed by atoms with Crippen LogP contribution in [0.25, 0.3) is 0 Å². The van der Waals surface area contributed by atoms with Gasteiger partial charge in [0.05, 0.1) is 22.8 Å². The van der Waals surface area contributed by atoms with E-state index in [4.69, 9.17) is 4.74 Å². The number of nitrogens with one attached hydrogen (secondary N) is 2. The zero-order chi connectivity index (χ0) is 31.1. The van der Waals surface area contributed by atoms with Gasteiger partial charge >= 0.3 is 5.97 Å². The van der Waals surface area contributed by atoms with Gasteiger partial charge in [0, 0.05) is 52.8 Å². The van der Waals surface area contributed by atoms with Crippen molar-refractivity contribution in [3.8, 4) is 0 Å². The topological polar surface area (TPSA) is 131 Å². The first-order valence-corrected chi connectivity index (χ1v) is 15.8. The van der Waals surface area contributed by atoms with Gasteiger partial charge < -0.3 is 15.4 Å². The Morgan fingerprint density at radius 1 is 1.02 bits per heavy atom. The van der Waals surface area contributed by atoms with E-state index in [9.17, 15) is 24.5 Å². The van der Waals surface area contributed by atoms with Gasteiger partial charge in [0.25, 0.3) is 11.6 Å². The monoisotopic (exact) mass is 630 g/mol. The second-order valence-electron chi connectivity index (χ2n) is 10.00. The number of non-ortho nitro benzene ring substituents is 1. The summed E-state index contributed by atoms with van der Waals surface area (Å²) in [6.07, 6.45) is 0.690. The van der Waals surface area contributed by atoms with E-state index >= 15 is 0 Å². The van der Waals surface area contributed by atoms with Gasteiger partial charge in [-0.1, -0.05) is 36.4 Å². The number of esters is 1. The summed E-state index contributed by atoms with van der Waals surface area (Å²) in [5.74, 6) is -1.01. The SMILES string of the molecule is CCOC(=O)c1c(NC(=O)CSc2cccc(NC(=O)c3ccc([N+](=O)[O-])cc3)c2)sc2c1CCN(Cc1ccccc1)C2. The molecule has 0 radical (unpaired) electrons. The Morgan fingerprint density at radius 2 is 1.80 bits per heavy atom. The number of nitro benzene ring substituents is 1. The molecule has 0 bridgehead atoms. The van der Waals surface area contributed by atoms with E-state index in [-0.39, 0.29) is 29.5 Å².